The van der Waals surface area contributed by atoms with Crippen LogP contribution in [0, 0.1) is 18.3 Å². The van der Waals surface area contributed by atoms with Gasteiger partial charge in [-0.1, -0.05) is 42.5 Å². The van der Waals surface area contributed by atoms with Gasteiger partial charge in [-0.3, -0.25) is 0 Å². The molecule has 2 N–H and O–H groups in total. The van der Waals surface area contributed by atoms with Crippen LogP contribution in [0.4, 0.5) is 0 Å². The van der Waals surface area contributed by atoms with Crippen molar-refractivity contribution in [1.82, 2.24) is 0 Å². The molecule has 0 aliphatic carbocycles. The number of carbonyl (C=O) groups is 1. The second-order valence-corrected chi connectivity index (χ2v) is 7.07. The van der Waals surface area contributed by atoms with Gasteiger partial charge in [0.1, 0.15) is 28.9 Å². The van der Waals surface area contributed by atoms with Crippen molar-refractivity contribution in [3.63, 3.8) is 0 Å². The summed E-state index contributed by atoms with van der Waals surface area (Å²) in [5.74, 6) is 0.452. The van der Waals surface area contributed by atoms with Gasteiger partial charge in [0.25, 0.3) is 0 Å². The van der Waals surface area contributed by atoms with Crippen molar-refractivity contribution in [2.24, 2.45) is 5.73 Å². The van der Waals surface area contributed by atoms with Crippen LogP contribution in [0.3, 0.4) is 0 Å². The number of ether oxygens (including phenoxy) is 3. The van der Waals surface area contributed by atoms with Crippen molar-refractivity contribution >= 4 is 5.97 Å². The van der Waals surface area contributed by atoms with E-state index in [-0.39, 0.29) is 5.88 Å². The Balaban J connectivity index is 1.74. The Labute approximate surface area is 180 Å². The van der Waals surface area contributed by atoms with E-state index in [1.807, 2.05) is 43.3 Å². The minimum Gasteiger partial charge on any atom is -0.496 e. The summed E-state index contributed by atoms with van der Waals surface area (Å²) in [4.78, 5) is 12.6. The van der Waals surface area contributed by atoms with Crippen molar-refractivity contribution < 1.29 is 19.0 Å². The number of esters is 1. The van der Waals surface area contributed by atoms with Crippen molar-refractivity contribution in [3.05, 3.63) is 100 Å². The SMILES string of the molecule is COc1ccccc1C1C(C#N)=C(N)Oc2cc(OC(=O)c3ccccc3C)ccc21. The number of nitrogens with zero attached hydrogens (tertiary/aromatic N) is 1. The quantitative estimate of drug-likeness (QED) is 0.503. The summed E-state index contributed by atoms with van der Waals surface area (Å²) in [7, 11) is 1.58. The first-order chi connectivity index (χ1) is 15.0. The Morgan fingerprint density at radius 1 is 1.06 bits per heavy atom. The third-order valence-corrected chi connectivity index (χ3v) is 5.22. The molecule has 3 aromatic rings. The number of nitriles is 1. The van der Waals surface area contributed by atoms with Crippen LogP contribution >= 0.6 is 0 Å². The molecule has 0 saturated carbocycles. The molecular formula is C25H20N2O4. The maximum atomic E-state index is 12.6. The number of rotatable bonds is 4. The Kier molecular flexibility index (Phi) is 5.33. The first kappa shape index (κ1) is 20.0. The Hall–Kier alpha value is -4.24. The average molecular weight is 412 g/mol. The molecule has 4 rings (SSSR count). The molecule has 154 valence electrons. The van der Waals surface area contributed by atoms with Crippen LogP contribution in [0.2, 0.25) is 0 Å². The lowest BCUT2D eigenvalue weighted by Crippen LogP contribution is -2.21. The Bertz CT molecular complexity index is 1240. The number of hydrogen-bond donors (Lipinski definition) is 1. The van der Waals surface area contributed by atoms with Crippen LogP contribution in [-0.2, 0) is 0 Å². The van der Waals surface area contributed by atoms with Crippen LogP contribution in [0.25, 0.3) is 0 Å². The molecule has 0 bridgehead atoms. The van der Waals surface area contributed by atoms with Gasteiger partial charge in [-0.05, 0) is 30.7 Å². The van der Waals surface area contributed by atoms with Crippen molar-refractivity contribution in [2.75, 3.05) is 7.11 Å². The molecule has 6 heteroatoms. The monoisotopic (exact) mass is 412 g/mol. The minimum absolute atomic E-state index is 0.00767. The fourth-order valence-electron chi connectivity index (χ4n) is 3.69. The standard InChI is InChI=1S/C25H20N2O4/c1-15-7-3-4-8-17(15)25(28)30-16-11-12-19-22(13-16)31-24(27)20(14-26)23(19)18-9-5-6-10-21(18)29-2/h3-13,23H,27H2,1-2H3. The molecule has 1 aliphatic heterocycles. The summed E-state index contributed by atoms with van der Waals surface area (Å²) < 4.78 is 16.8. The average Bonchev–Trinajstić information content (AvgIpc) is 2.78. The maximum absolute atomic E-state index is 12.6. The van der Waals surface area contributed by atoms with Crippen LogP contribution in [0.15, 0.2) is 78.2 Å². The van der Waals surface area contributed by atoms with Gasteiger partial charge in [0.2, 0.25) is 5.88 Å². The van der Waals surface area contributed by atoms with Crippen molar-refractivity contribution in [3.8, 4) is 23.3 Å². The fourth-order valence-corrected chi connectivity index (χ4v) is 3.69. The number of methoxy groups -OCH3 is 1. The van der Waals surface area contributed by atoms with Crippen LogP contribution in [0.1, 0.15) is 33.0 Å². The molecule has 1 heterocycles. The van der Waals surface area contributed by atoms with E-state index in [0.717, 1.165) is 16.7 Å². The molecular weight excluding hydrogens is 392 g/mol. The van der Waals surface area contributed by atoms with Gasteiger partial charge in [0.15, 0.2) is 0 Å². The van der Waals surface area contributed by atoms with E-state index in [2.05, 4.69) is 6.07 Å². The normalized spacial score (nSPS) is 14.8. The zero-order valence-corrected chi connectivity index (χ0v) is 17.1. The summed E-state index contributed by atoms with van der Waals surface area (Å²) in [6.45, 7) is 1.85. The fraction of sp³-hybridized carbons (Fsp3) is 0.120. The molecule has 3 aromatic carbocycles. The zero-order valence-electron chi connectivity index (χ0n) is 17.1. The Morgan fingerprint density at radius 2 is 1.81 bits per heavy atom. The van der Waals surface area contributed by atoms with Crippen LogP contribution < -0.4 is 19.9 Å². The highest BCUT2D eigenvalue weighted by molar-refractivity contribution is 5.92. The van der Waals surface area contributed by atoms with Crippen LogP contribution in [0.5, 0.6) is 17.2 Å². The smallest absolute Gasteiger partial charge is 0.343 e. The second kappa shape index (κ2) is 8.25. The lowest BCUT2D eigenvalue weighted by atomic mass is 9.83. The van der Waals surface area contributed by atoms with E-state index < -0.39 is 11.9 Å². The molecule has 1 unspecified atom stereocenters. The van der Waals surface area contributed by atoms with E-state index in [1.165, 1.54) is 0 Å². The van der Waals surface area contributed by atoms with Gasteiger partial charge >= 0.3 is 5.97 Å². The number of carbonyl (C=O) groups excluding carboxylic acids is 1. The van der Waals surface area contributed by atoms with Crippen molar-refractivity contribution in [1.29, 1.82) is 5.26 Å². The molecule has 0 spiro atoms. The first-order valence-corrected chi connectivity index (χ1v) is 9.65. The lowest BCUT2D eigenvalue weighted by molar-refractivity contribution is 0.0733. The highest BCUT2D eigenvalue weighted by atomic mass is 16.5. The van der Waals surface area contributed by atoms with E-state index in [9.17, 15) is 10.1 Å². The number of hydrogen-bond acceptors (Lipinski definition) is 6. The summed E-state index contributed by atoms with van der Waals surface area (Å²) in [6.07, 6.45) is 0. The Morgan fingerprint density at radius 3 is 2.55 bits per heavy atom. The summed E-state index contributed by atoms with van der Waals surface area (Å²) in [5.41, 5.74) is 9.19. The molecule has 1 aliphatic rings. The molecule has 0 aromatic heterocycles. The van der Waals surface area contributed by atoms with Gasteiger partial charge in [-0.25, -0.2) is 4.79 Å². The number of para-hydroxylation sites is 1. The third kappa shape index (κ3) is 3.69. The minimum atomic E-state index is -0.467. The van der Waals surface area contributed by atoms with Crippen molar-refractivity contribution in [2.45, 2.75) is 12.8 Å². The largest absolute Gasteiger partial charge is 0.496 e. The van der Waals surface area contributed by atoms with Gasteiger partial charge in [-0.15, -0.1) is 0 Å². The van der Waals surface area contributed by atoms with Gasteiger partial charge < -0.3 is 19.9 Å². The highest BCUT2D eigenvalue weighted by Gasteiger charge is 2.32. The third-order valence-electron chi connectivity index (χ3n) is 5.22. The predicted octanol–water partition coefficient (Wildman–Crippen LogP) is 4.44. The van der Waals surface area contributed by atoms with Gasteiger partial charge in [0.05, 0.1) is 18.6 Å². The number of allylic oxidation sites excluding steroid dienone is 1. The molecule has 31 heavy (non-hydrogen) atoms. The molecule has 0 amide bonds. The highest BCUT2D eigenvalue weighted by Crippen LogP contribution is 2.45. The van der Waals surface area contributed by atoms with E-state index in [1.54, 1.807) is 37.4 Å². The van der Waals surface area contributed by atoms with E-state index in [4.69, 9.17) is 19.9 Å². The van der Waals surface area contributed by atoms with Crippen LogP contribution in [-0.4, -0.2) is 13.1 Å². The second-order valence-electron chi connectivity index (χ2n) is 7.07. The van der Waals surface area contributed by atoms with Gasteiger partial charge in [0, 0.05) is 17.2 Å². The molecule has 6 nitrogen and oxygen atoms in total. The van der Waals surface area contributed by atoms with Gasteiger partial charge in [-0.2, -0.15) is 5.26 Å². The number of fused-ring (bicyclic) bond motifs is 1. The lowest BCUT2D eigenvalue weighted by Gasteiger charge is -2.27. The summed E-state index contributed by atoms with van der Waals surface area (Å²) in [6, 6.07) is 21.9. The topological polar surface area (TPSA) is 94.6 Å². The molecule has 0 fully saturated rings. The molecule has 0 radical (unpaired) electrons. The zero-order chi connectivity index (χ0) is 22.0. The number of benzene rings is 3. The predicted molar refractivity (Wildman–Crippen MR) is 115 cm³/mol. The first-order valence-electron chi connectivity index (χ1n) is 9.65. The number of aryl methyl sites for hydroxylation is 1. The summed E-state index contributed by atoms with van der Waals surface area (Å²) >= 11 is 0. The maximum Gasteiger partial charge on any atom is 0.343 e. The van der Waals surface area contributed by atoms with E-state index >= 15 is 0 Å². The molecule has 1 atom stereocenters. The molecule has 0 saturated heterocycles. The number of nitrogens with two attached hydrogens (primary N) is 1. The van der Waals surface area contributed by atoms with E-state index in [0.29, 0.717) is 28.4 Å². The summed E-state index contributed by atoms with van der Waals surface area (Å²) in [5, 5.41) is 9.73.